The minimum atomic E-state index is -0.851. The third-order valence-corrected chi connectivity index (χ3v) is 7.32. The zero-order chi connectivity index (χ0) is 29.9. The lowest BCUT2D eigenvalue weighted by atomic mass is 9.98. The SMILES string of the molecule is CCCCc1nc(Cl)c(C=O)n1Cc1ccc(-c2ccccc2-c2nnn(C(=O)OCCSCCO[N+](=O)[O-])n2)cc1. The van der Waals surface area contributed by atoms with Gasteiger partial charge in [-0.3, -0.25) is 4.79 Å². The molecular formula is C27H28ClN7O6S. The average molecular weight is 614 g/mol. The van der Waals surface area contributed by atoms with E-state index in [1.807, 2.05) is 53.1 Å². The van der Waals surface area contributed by atoms with Gasteiger partial charge in [-0.1, -0.05) is 78.3 Å². The number of hydrogen-bond acceptors (Lipinski definition) is 11. The Hall–Kier alpha value is -4.30. The summed E-state index contributed by atoms with van der Waals surface area (Å²) < 4.78 is 7.02. The van der Waals surface area contributed by atoms with E-state index in [1.165, 1.54) is 11.8 Å². The summed E-state index contributed by atoms with van der Waals surface area (Å²) in [7, 11) is 0. The van der Waals surface area contributed by atoms with Crippen molar-refractivity contribution >= 4 is 35.7 Å². The lowest BCUT2D eigenvalue weighted by Gasteiger charge is -2.11. The molecule has 0 radical (unpaired) electrons. The van der Waals surface area contributed by atoms with Gasteiger partial charge in [0, 0.05) is 30.0 Å². The Morgan fingerprint density at radius 1 is 1.12 bits per heavy atom. The standard InChI is InChI=1S/C27H28ClN7O6S/c1-2-3-8-24-29-25(28)23(18-36)33(24)17-19-9-11-20(12-10-19)21-6-4-5-7-22(21)26-30-32-34(31-26)27(37)40-13-15-42-16-14-41-35(38)39/h4-7,9-12,18H,2-3,8,13-17H2,1H3. The van der Waals surface area contributed by atoms with Crippen molar-refractivity contribution in [3.05, 3.63) is 80.9 Å². The minimum absolute atomic E-state index is 0.0394. The number of rotatable bonds is 15. The smallest absolute Gasteiger partial charge is 0.446 e. The molecule has 0 amide bonds. The van der Waals surface area contributed by atoms with Crippen LogP contribution in [0.15, 0.2) is 48.5 Å². The highest BCUT2D eigenvalue weighted by molar-refractivity contribution is 7.99. The van der Waals surface area contributed by atoms with Crippen LogP contribution in [0.25, 0.3) is 22.5 Å². The lowest BCUT2D eigenvalue weighted by molar-refractivity contribution is -0.756. The van der Waals surface area contributed by atoms with E-state index in [0.717, 1.165) is 52.9 Å². The molecule has 2 aromatic heterocycles. The largest absolute Gasteiger partial charge is 0.453 e. The Labute approximate surface area is 250 Å². The highest BCUT2D eigenvalue weighted by Crippen LogP contribution is 2.30. The molecule has 2 aromatic carbocycles. The Kier molecular flexibility index (Phi) is 11.0. The van der Waals surface area contributed by atoms with Crippen molar-refractivity contribution in [3.63, 3.8) is 0 Å². The van der Waals surface area contributed by atoms with Crippen LogP contribution in [0.3, 0.4) is 0 Å². The van der Waals surface area contributed by atoms with E-state index in [9.17, 15) is 19.7 Å². The molecule has 0 saturated heterocycles. The number of unbranched alkanes of at least 4 members (excludes halogenated alkanes) is 1. The van der Waals surface area contributed by atoms with Crippen LogP contribution < -0.4 is 0 Å². The maximum Gasteiger partial charge on any atom is 0.453 e. The molecule has 0 N–H and O–H groups in total. The van der Waals surface area contributed by atoms with E-state index in [2.05, 4.69) is 32.2 Å². The first kappa shape index (κ1) is 30.7. The summed E-state index contributed by atoms with van der Waals surface area (Å²) in [6.07, 6.45) is 2.63. The number of benzene rings is 2. The number of aldehydes is 1. The normalized spacial score (nSPS) is 10.9. The fourth-order valence-corrected chi connectivity index (χ4v) is 4.96. The second-order valence-electron chi connectivity index (χ2n) is 8.94. The number of aromatic nitrogens is 6. The quantitative estimate of drug-likeness (QED) is 0.0770. The van der Waals surface area contributed by atoms with Gasteiger partial charge in [0.1, 0.15) is 24.7 Å². The van der Waals surface area contributed by atoms with Crippen LogP contribution in [0.2, 0.25) is 5.15 Å². The molecule has 2 heterocycles. The van der Waals surface area contributed by atoms with Gasteiger partial charge in [0.2, 0.25) is 5.82 Å². The topological polar surface area (TPSA) is 157 Å². The van der Waals surface area contributed by atoms with E-state index in [4.69, 9.17) is 16.3 Å². The number of imidazole rings is 1. The summed E-state index contributed by atoms with van der Waals surface area (Å²) in [6.45, 7) is 2.58. The van der Waals surface area contributed by atoms with Crippen molar-refractivity contribution < 1.29 is 24.3 Å². The van der Waals surface area contributed by atoms with Crippen molar-refractivity contribution in [1.29, 1.82) is 0 Å². The molecule has 220 valence electrons. The first-order valence-corrected chi connectivity index (χ1v) is 14.7. The van der Waals surface area contributed by atoms with Gasteiger partial charge in [-0.25, -0.2) is 9.78 Å². The van der Waals surface area contributed by atoms with Crippen LogP contribution >= 0.6 is 23.4 Å². The van der Waals surface area contributed by atoms with E-state index in [1.54, 1.807) is 0 Å². The molecular weight excluding hydrogens is 586 g/mol. The fourth-order valence-electron chi connectivity index (χ4n) is 4.12. The van der Waals surface area contributed by atoms with Crippen LogP contribution in [0, 0.1) is 10.1 Å². The number of carbonyl (C=O) groups excluding carboxylic acids is 2. The third-order valence-electron chi connectivity index (χ3n) is 6.13. The van der Waals surface area contributed by atoms with E-state index in [0.29, 0.717) is 29.3 Å². The summed E-state index contributed by atoms with van der Waals surface area (Å²) in [4.78, 5) is 43.6. The van der Waals surface area contributed by atoms with E-state index < -0.39 is 11.2 Å². The first-order chi connectivity index (χ1) is 20.4. The molecule has 4 rings (SSSR count). The second kappa shape index (κ2) is 15.1. The average Bonchev–Trinajstić information content (AvgIpc) is 3.60. The molecule has 15 heteroatoms. The Morgan fingerprint density at radius 3 is 2.57 bits per heavy atom. The molecule has 0 saturated carbocycles. The van der Waals surface area contributed by atoms with Crippen molar-refractivity contribution in [2.45, 2.75) is 32.7 Å². The van der Waals surface area contributed by atoms with Crippen LogP contribution in [0.4, 0.5) is 4.79 Å². The predicted molar refractivity (Wildman–Crippen MR) is 156 cm³/mol. The zero-order valence-corrected chi connectivity index (χ0v) is 24.3. The zero-order valence-electron chi connectivity index (χ0n) is 22.7. The highest BCUT2D eigenvalue weighted by atomic mass is 35.5. The molecule has 42 heavy (non-hydrogen) atoms. The summed E-state index contributed by atoms with van der Waals surface area (Å²) >= 11 is 7.56. The summed E-state index contributed by atoms with van der Waals surface area (Å²) in [5.41, 5.74) is 3.76. The van der Waals surface area contributed by atoms with Crippen LogP contribution in [-0.2, 0) is 22.5 Å². The lowest BCUT2D eigenvalue weighted by Crippen LogP contribution is -2.18. The van der Waals surface area contributed by atoms with Gasteiger partial charge in [0.05, 0.1) is 0 Å². The molecule has 0 atom stereocenters. The molecule has 4 aromatic rings. The number of aryl methyl sites for hydroxylation is 1. The minimum Gasteiger partial charge on any atom is -0.446 e. The maximum absolute atomic E-state index is 12.4. The van der Waals surface area contributed by atoms with E-state index >= 15 is 0 Å². The third kappa shape index (κ3) is 7.91. The molecule has 0 fully saturated rings. The number of nitrogens with zero attached hydrogens (tertiary/aromatic N) is 7. The molecule has 0 spiro atoms. The Balaban J connectivity index is 1.43. The Bertz CT molecular complexity index is 1530. The van der Waals surface area contributed by atoms with Crippen LogP contribution in [-0.4, -0.2) is 71.9 Å². The summed E-state index contributed by atoms with van der Waals surface area (Å²) in [5.74, 6) is 1.85. The summed E-state index contributed by atoms with van der Waals surface area (Å²) in [5, 5.41) is 21.6. The van der Waals surface area contributed by atoms with Gasteiger partial charge >= 0.3 is 6.09 Å². The number of tetrazole rings is 1. The highest BCUT2D eigenvalue weighted by Gasteiger charge is 2.18. The number of halogens is 1. The van der Waals surface area contributed by atoms with Crippen LogP contribution in [0.5, 0.6) is 0 Å². The monoisotopic (exact) mass is 613 g/mol. The number of hydrogen-bond donors (Lipinski definition) is 0. The number of thioether (sulfide) groups is 1. The van der Waals surface area contributed by atoms with Crippen LogP contribution in [0.1, 0.15) is 41.6 Å². The van der Waals surface area contributed by atoms with Gasteiger partial charge in [-0.05, 0) is 28.3 Å². The van der Waals surface area contributed by atoms with Crippen molar-refractivity contribution in [2.24, 2.45) is 0 Å². The first-order valence-electron chi connectivity index (χ1n) is 13.1. The molecule has 13 nitrogen and oxygen atoms in total. The van der Waals surface area contributed by atoms with Gasteiger partial charge in [-0.15, -0.1) is 20.3 Å². The summed E-state index contributed by atoms with van der Waals surface area (Å²) in [6, 6.07) is 15.4. The van der Waals surface area contributed by atoms with E-state index in [-0.39, 0.29) is 24.2 Å². The van der Waals surface area contributed by atoms with Gasteiger partial charge in [-0.2, -0.15) is 11.8 Å². The molecule has 0 bridgehead atoms. The van der Waals surface area contributed by atoms with Crippen molar-refractivity contribution in [2.75, 3.05) is 24.7 Å². The number of carbonyl (C=O) groups is 2. The van der Waals surface area contributed by atoms with Crippen molar-refractivity contribution in [3.8, 4) is 22.5 Å². The fraction of sp³-hybridized carbons (Fsp3) is 0.333. The number of ether oxygens (including phenoxy) is 1. The molecule has 0 aliphatic carbocycles. The van der Waals surface area contributed by atoms with Gasteiger partial charge < -0.3 is 14.1 Å². The second-order valence-corrected chi connectivity index (χ2v) is 10.5. The molecule has 0 aliphatic heterocycles. The predicted octanol–water partition coefficient (Wildman–Crippen LogP) is 4.99. The van der Waals surface area contributed by atoms with Gasteiger partial charge in [0.25, 0.3) is 5.09 Å². The molecule has 0 aliphatic rings. The van der Waals surface area contributed by atoms with Gasteiger partial charge in [0.15, 0.2) is 11.4 Å². The van der Waals surface area contributed by atoms with Crippen molar-refractivity contribution in [1.82, 2.24) is 29.8 Å². The maximum atomic E-state index is 12.4. The molecule has 0 unspecified atom stereocenters. The Morgan fingerprint density at radius 2 is 1.86 bits per heavy atom.